The molecule has 0 spiro atoms. The van der Waals surface area contributed by atoms with Gasteiger partial charge in [-0.3, -0.25) is 4.98 Å². The third kappa shape index (κ3) is 2.84. The number of aliphatic hydroxyl groups excluding tert-OH is 1. The highest BCUT2D eigenvalue weighted by molar-refractivity contribution is 9.10. The molecule has 106 valence electrons. The van der Waals surface area contributed by atoms with Gasteiger partial charge in [-0.1, -0.05) is 12.1 Å². The molecule has 1 aromatic heterocycles. The first-order chi connectivity index (χ1) is 10.2. The highest BCUT2D eigenvalue weighted by Gasteiger charge is 2.08. The van der Waals surface area contributed by atoms with E-state index in [4.69, 9.17) is 15.6 Å². The standard InChI is InChI=1S/C16H13BrN2O2/c17-11-7-13-14(18)5-6-15(16(13)19-8-11)21-12-3-1-10(9-20)2-4-12/h1-8,20H,9,18H2. The number of rotatable bonds is 3. The quantitative estimate of drug-likeness (QED) is 0.707. The molecule has 0 aliphatic rings. The molecule has 0 saturated carbocycles. The number of aromatic nitrogens is 1. The zero-order valence-electron chi connectivity index (χ0n) is 11.1. The molecule has 0 fully saturated rings. The molecule has 0 bridgehead atoms. The van der Waals surface area contributed by atoms with Crippen molar-refractivity contribution in [3.63, 3.8) is 0 Å². The second-order valence-corrected chi connectivity index (χ2v) is 5.52. The van der Waals surface area contributed by atoms with Gasteiger partial charge in [0.05, 0.1) is 6.61 Å². The number of fused-ring (bicyclic) bond motifs is 1. The predicted octanol–water partition coefficient (Wildman–Crippen LogP) is 3.86. The summed E-state index contributed by atoms with van der Waals surface area (Å²) in [6.07, 6.45) is 1.71. The first-order valence-electron chi connectivity index (χ1n) is 6.39. The number of ether oxygens (including phenoxy) is 1. The van der Waals surface area contributed by atoms with Crippen molar-refractivity contribution < 1.29 is 9.84 Å². The maximum Gasteiger partial charge on any atom is 0.153 e. The van der Waals surface area contributed by atoms with Crippen molar-refractivity contribution in [2.45, 2.75) is 6.61 Å². The Morgan fingerprint density at radius 3 is 2.62 bits per heavy atom. The second-order valence-electron chi connectivity index (χ2n) is 4.61. The molecular formula is C16H13BrN2O2. The van der Waals surface area contributed by atoms with E-state index in [0.717, 1.165) is 15.4 Å². The molecule has 5 heteroatoms. The Morgan fingerprint density at radius 2 is 1.90 bits per heavy atom. The van der Waals surface area contributed by atoms with Gasteiger partial charge in [0.15, 0.2) is 5.75 Å². The molecule has 0 saturated heterocycles. The Balaban J connectivity index is 2.02. The van der Waals surface area contributed by atoms with Gasteiger partial charge in [0.1, 0.15) is 11.3 Å². The van der Waals surface area contributed by atoms with Crippen molar-refractivity contribution in [3.8, 4) is 11.5 Å². The van der Waals surface area contributed by atoms with Crippen molar-refractivity contribution in [3.05, 3.63) is 58.7 Å². The number of nitrogens with two attached hydrogens (primary N) is 1. The fraction of sp³-hybridized carbons (Fsp3) is 0.0625. The lowest BCUT2D eigenvalue weighted by Gasteiger charge is -2.10. The molecule has 0 amide bonds. The van der Waals surface area contributed by atoms with Crippen LogP contribution in [0.3, 0.4) is 0 Å². The SMILES string of the molecule is Nc1ccc(Oc2ccc(CO)cc2)c2ncc(Br)cc12. The molecular weight excluding hydrogens is 332 g/mol. The van der Waals surface area contributed by atoms with Crippen LogP contribution in [0.2, 0.25) is 0 Å². The van der Waals surface area contributed by atoms with Gasteiger partial charge in [-0.05, 0) is 51.8 Å². The van der Waals surface area contributed by atoms with Gasteiger partial charge in [0.25, 0.3) is 0 Å². The summed E-state index contributed by atoms with van der Waals surface area (Å²) < 4.78 is 6.74. The molecule has 3 aromatic rings. The van der Waals surface area contributed by atoms with Crippen LogP contribution in [0.25, 0.3) is 10.9 Å². The van der Waals surface area contributed by atoms with Crippen molar-refractivity contribution >= 4 is 32.5 Å². The van der Waals surface area contributed by atoms with Crippen molar-refractivity contribution in [2.75, 3.05) is 5.73 Å². The number of aliphatic hydroxyl groups is 1. The molecule has 21 heavy (non-hydrogen) atoms. The van der Waals surface area contributed by atoms with Gasteiger partial charge in [-0.15, -0.1) is 0 Å². The number of benzene rings is 2. The lowest BCUT2D eigenvalue weighted by Crippen LogP contribution is -1.93. The van der Waals surface area contributed by atoms with Crippen molar-refractivity contribution in [1.82, 2.24) is 4.98 Å². The maximum atomic E-state index is 9.05. The van der Waals surface area contributed by atoms with Crippen LogP contribution in [0, 0.1) is 0 Å². The van der Waals surface area contributed by atoms with Gasteiger partial charge in [-0.2, -0.15) is 0 Å². The van der Waals surface area contributed by atoms with Gasteiger partial charge in [-0.25, -0.2) is 0 Å². The minimum Gasteiger partial charge on any atom is -0.455 e. The van der Waals surface area contributed by atoms with E-state index >= 15 is 0 Å². The monoisotopic (exact) mass is 344 g/mol. The summed E-state index contributed by atoms with van der Waals surface area (Å²) in [4.78, 5) is 4.38. The highest BCUT2D eigenvalue weighted by Crippen LogP contribution is 2.33. The number of anilines is 1. The first-order valence-corrected chi connectivity index (χ1v) is 7.18. The Hall–Kier alpha value is -2.11. The maximum absolute atomic E-state index is 9.05. The summed E-state index contributed by atoms with van der Waals surface area (Å²) in [6.45, 7) is 0.0145. The van der Waals surface area contributed by atoms with E-state index in [1.54, 1.807) is 18.3 Å². The minimum atomic E-state index is 0.0145. The molecule has 0 unspecified atom stereocenters. The van der Waals surface area contributed by atoms with Crippen molar-refractivity contribution in [2.24, 2.45) is 0 Å². The number of hydrogen-bond acceptors (Lipinski definition) is 4. The lowest BCUT2D eigenvalue weighted by molar-refractivity contribution is 0.281. The predicted molar refractivity (Wildman–Crippen MR) is 86.3 cm³/mol. The molecule has 2 aromatic carbocycles. The van der Waals surface area contributed by atoms with E-state index in [1.807, 2.05) is 30.3 Å². The minimum absolute atomic E-state index is 0.0145. The van der Waals surface area contributed by atoms with Crippen LogP contribution in [0.4, 0.5) is 5.69 Å². The van der Waals surface area contributed by atoms with Gasteiger partial charge >= 0.3 is 0 Å². The smallest absolute Gasteiger partial charge is 0.153 e. The summed E-state index contributed by atoms with van der Waals surface area (Å²) >= 11 is 3.39. The van der Waals surface area contributed by atoms with Crippen LogP contribution >= 0.6 is 15.9 Å². The second kappa shape index (κ2) is 5.71. The zero-order valence-corrected chi connectivity index (χ0v) is 12.7. The Labute approximate surface area is 130 Å². The van der Waals surface area contributed by atoms with Crippen LogP contribution in [-0.4, -0.2) is 10.1 Å². The number of nitrogens with zero attached hydrogens (tertiary/aromatic N) is 1. The molecule has 0 aliphatic heterocycles. The van der Waals surface area contributed by atoms with Crippen molar-refractivity contribution in [1.29, 1.82) is 0 Å². The van der Waals surface area contributed by atoms with E-state index in [1.165, 1.54) is 0 Å². The molecule has 3 rings (SSSR count). The molecule has 0 aliphatic carbocycles. The van der Waals surface area contributed by atoms with E-state index < -0.39 is 0 Å². The van der Waals surface area contributed by atoms with E-state index in [-0.39, 0.29) is 6.61 Å². The van der Waals surface area contributed by atoms with Crippen LogP contribution < -0.4 is 10.5 Å². The topological polar surface area (TPSA) is 68.4 Å². The largest absolute Gasteiger partial charge is 0.455 e. The summed E-state index contributed by atoms with van der Waals surface area (Å²) in [5, 5.41) is 9.89. The van der Waals surface area contributed by atoms with E-state index in [0.29, 0.717) is 22.7 Å². The van der Waals surface area contributed by atoms with E-state index in [9.17, 15) is 0 Å². The fourth-order valence-electron chi connectivity index (χ4n) is 2.06. The highest BCUT2D eigenvalue weighted by atomic mass is 79.9. The Kier molecular flexibility index (Phi) is 3.77. The average Bonchev–Trinajstić information content (AvgIpc) is 2.51. The number of hydrogen-bond donors (Lipinski definition) is 2. The van der Waals surface area contributed by atoms with Crippen LogP contribution in [0.1, 0.15) is 5.56 Å². The first kappa shape index (κ1) is 13.9. The molecule has 1 heterocycles. The lowest BCUT2D eigenvalue weighted by atomic mass is 10.1. The van der Waals surface area contributed by atoms with Gasteiger partial charge in [0.2, 0.25) is 0 Å². The normalized spacial score (nSPS) is 10.8. The molecule has 3 N–H and O–H groups in total. The molecule has 0 atom stereocenters. The van der Waals surface area contributed by atoms with Gasteiger partial charge < -0.3 is 15.6 Å². The van der Waals surface area contributed by atoms with Crippen LogP contribution in [0.5, 0.6) is 11.5 Å². The third-order valence-corrected chi connectivity index (χ3v) is 3.58. The van der Waals surface area contributed by atoms with Crippen LogP contribution in [-0.2, 0) is 6.61 Å². The molecule has 4 nitrogen and oxygen atoms in total. The van der Waals surface area contributed by atoms with Crippen LogP contribution in [0.15, 0.2) is 53.1 Å². The number of halogens is 1. The number of pyridine rings is 1. The Morgan fingerprint density at radius 1 is 1.14 bits per heavy atom. The summed E-state index contributed by atoms with van der Waals surface area (Å²) in [5.74, 6) is 1.33. The summed E-state index contributed by atoms with van der Waals surface area (Å²) in [7, 11) is 0. The zero-order chi connectivity index (χ0) is 14.8. The Bertz CT molecular complexity index is 788. The van der Waals surface area contributed by atoms with E-state index in [2.05, 4.69) is 20.9 Å². The average molecular weight is 345 g/mol. The fourth-order valence-corrected chi connectivity index (χ4v) is 2.39. The summed E-state index contributed by atoms with van der Waals surface area (Å²) in [6, 6.07) is 12.8. The molecule has 0 radical (unpaired) electrons. The summed E-state index contributed by atoms with van der Waals surface area (Å²) in [5.41, 5.74) is 8.19. The number of nitrogen functional groups attached to an aromatic ring is 1. The van der Waals surface area contributed by atoms with Gasteiger partial charge in [0, 0.05) is 21.7 Å². The third-order valence-electron chi connectivity index (χ3n) is 3.15.